The highest BCUT2D eigenvalue weighted by atomic mass is 16.2. The largest absolute Gasteiger partial charge is 0.355 e. The van der Waals surface area contributed by atoms with Crippen LogP contribution in [0.3, 0.4) is 0 Å². The number of hydrogen-bond acceptors (Lipinski definition) is 6. The monoisotopic (exact) mass is 822 g/mol. The lowest BCUT2D eigenvalue weighted by Gasteiger charge is -2.26. The van der Waals surface area contributed by atoms with Crippen molar-refractivity contribution in [3.63, 3.8) is 0 Å². The molecule has 0 unspecified atom stereocenters. The Hall–Kier alpha value is -4.14. The zero-order chi connectivity index (χ0) is 46.8. The first-order valence-corrected chi connectivity index (χ1v) is 21.0. The SMILES string of the molecule is CC(C)(C)C(=O)CCNC(=O)C(C)(C)C.CC(C)(C)C(=O)C[C@H](NC(=O)C(C)(C)C)c1ccccc1.C[C@H](CNC(=O)C(C)(C)C)C(=O)C(C)(C)C.Cc1ccccc1. The molecule has 0 radical (unpaired) electrons. The highest BCUT2D eigenvalue weighted by molar-refractivity contribution is 5.88. The number of aryl methyl sites for hydroxylation is 1. The van der Waals surface area contributed by atoms with E-state index >= 15 is 0 Å². The molecule has 0 heterocycles. The van der Waals surface area contributed by atoms with E-state index in [4.69, 9.17) is 0 Å². The molecule has 0 aliphatic rings. The fourth-order valence-corrected chi connectivity index (χ4v) is 4.61. The van der Waals surface area contributed by atoms with E-state index < -0.39 is 16.2 Å². The quantitative estimate of drug-likeness (QED) is 0.218. The normalized spacial score (nSPS) is 12.9. The maximum Gasteiger partial charge on any atom is 0.225 e. The molecule has 334 valence electrons. The van der Waals surface area contributed by atoms with E-state index in [0.29, 0.717) is 25.9 Å². The molecule has 0 saturated carbocycles. The van der Waals surface area contributed by atoms with Crippen molar-refractivity contribution in [2.45, 2.75) is 157 Å². The lowest BCUT2D eigenvalue weighted by Crippen LogP contribution is -2.40. The fourth-order valence-electron chi connectivity index (χ4n) is 4.61. The highest BCUT2D eigenvalue weighted by Gasteiger charge is 2.30. The van der Waals surface area contributed by atoms with E-state index in [1.807, 2.05) is 180 Å². The Morgan fingerprint density at radius 2 is 0.881 bits per heavy atom. The van der Waals surface area contributed by atoms with Gasteiger partial charge >= 0.3 is 0 Å². The van der Waals surface area contributed by atoms with Crippen LogP contribution in [0.1, 0.15) is 162 Å². The van der Waals surface area contributed by atoms with Gasteiger partial charge in [0.2, 0.25) is 17.7 Å². The van der Waals surface area contributed by atoms with Crippen LogP contribution in [0.2, 0.25) is 0 Å². The number of amides is 3. The van der Waals surface area contributed by atoms with Crippen molar-refractivity contribution in [2.24, 2.45) is 38.4 Å². The van der Waals surface area contributed by atoms with Gasteiger partial charge in [-0.1, -0.05) is 198 Å². The van der Waals surface area contributed by atoms with Crippen LogP contribution in [-0.2, 0) is 28.8 Å². The molecule has 2 atom stereocenters. The maximum atomic E-state index is 12.3. The van der Waals surface area contributed by atoms with Crippen LogP contribution in [0.5, 0.6) is 0 Å². The van der Waals surface area contributed by atoms with Gasteiger partial charge in [0.25, 0.3) is 0 Å². The fraction of sp³-hybridized carbons (Fsp3) is 0.640. The number of carbonyl (C=O) groups is 6. The molecule has 2 rings (SSSR count). The van der Waals surface area contributed by atoms with Crippen molar-refractivity contribution in [1.29, 1.82) is 0 Å². The number of carbonyl (C=O) groups excluding carboxylic acids is 6. The van der Waals surface area contributed by atoms with Crippen molar-refractivity contribution in [3.05, 3.63) is 71.8 Å². The first kappa shape index (κ1) is 57.0. The molecule has 2 aromatic carbocycles. The van der Waals surface area contributed by atoms with Crippen LogP contribution in [0.15, 0.2) is 60.7 Å². The Morgan fingerprint density at radius 1 is 0.492 bits per heavy atom. The molecule has 9 heteroatoms. The van der Waals surface area contributed by atoms with Gasteiger partial charge in [0.1, 0.15) is 17.3 Å². The minimum absolute atomic E-state index is 0.00999. The molecule has 0 aliphatic carbocycles. The number of hydrogen-bond donors (Lipinski definition) is 3. The van der Waals surface area contributed by atoms with Gasteiger partial charge in [0, 0.05) is 64.3 Å². The zero-order valence-corrected chi connectivity index (χ0v) is 40.7. The second kappa shape index (κ2) is 24.2. The van der Waals surface area contributed by atoms with Gasteiger partial charge in [-0.15, -0.1) is 0 Å². The van der Waals surface area contributed by atoms with Crippen molar-refractivity contribution in [3.8, 4) is 0 Å². The summed E-state index contributed by atoms with van der Waals surface area (Å²) in [4.78, 5) is 71.1. The van der Waals surface area contributed by atoms with Gasteiger partial charge < -0.3 is 16.0 Å². The van der Waals surface area contributed by atoms with Gasteiger partial charge in [-0.25, -0.2) is 0 Å². The molecular formula is C50H83N3O6. The molecule has 0 aromatic heterocycles. The predicted octanol–water partition coefficient (Wildman–Crippen LogP) is 10.4. The Labute approximate surface area is 359 Å². The summed E-state index contributed by atoms with van der Waals surface area (Å²) in [6.07, 6.45) is 0.723. The third-order valence-corrected chi connectivity index (χ3v) is 8.95. The average molecular weight is 822 g/mol. The summed E-state index contributed by atoms with van der Waals surface area (Å²) in [6, 6.07) is 19.7. The number of Topliss-reactive ketones (excluding diaryl/α,β-unsaturated/α-hetero) is 3. The Balaban J connectivity index is 0. The second-order valence-corrected chi connectivity index (χ2v) is 21.6. The summed E-state index contributed by atoms with van der Waals surface area (Å²) >= 11 is 0. The van der Waals surface area contributed by atoms with Gasteiger partial charge in [-0.05, 0) is 12.5 Å². The third kappa shape index (κ3) is 25.8. The number of ketones is 3. The van der Waals surface area contributed by atoms with Crippen molar-refractivity contribution in [1.82, 2.24) is 16.0 Å². The Bertz CT molecular complexity index is 1550. The minimum atomic E-state index is -0.474. The molecule has 9 nitrogen and oxygen atoms in total. The summed E-state index contributed by atoms with van der Waals surface area (Å²) in [5, 5.41) is 8.60. The summed E-state index contributed by atoms with van der Waals surface area (Å²) < 4.78 is 0. The van der Waals surface area contributed by atoms with Gasteiger partial charge in [-0.2, -0.15) is 0 Å². The van der Waals surface area contributed by atoms with E-state index in [-0.39, 0.29) is 63.3 Å². The lowest BCUT2D eigenvalue weighted by atomic mass is 9.83. The lowest BCUT2D eigenvalue weighted by molar-refractivity contribution is -0.132. The smallest absolute Gasteiger partial charge is 0.225 e. The van der Waals surface area contributed by atoms with E-state index in [0.717, 1.165) is 5.56 Å². The van der Waals surface area contributed by atoms with Crippen LogP contribution in [-0.4, -0.2) is 48.2 Å². The average Bonchev–Trinajstić information content (AvgIpc) is 3.08. The van der Waals surface area contributed by atoms with Crippen LogP contribution in [0, 0.1) is 45.3 Å². The molecule has 0 fully saturated rings. The first-order chi connectivity index (χ1) is 26.4. The molecule has 3 N–H and O–H groups in total. The number of rotatable bonds is 10. The number of benzene rings is 2. The molecule has 0 saturated heterocycles. The van der Waals surface area contributed by atoms with Crippen LogP contribution >= 0.6 is 0 Å². The van der Waals surface area contributed by atoms with Crippen molar-refractivity contribution >= 4 is 35.1 Å². The minimum Gasteiger partial charge on any atom is -0.355 e. The summed E-state index contributed by atoms with van der Waals surface area (Å²) in [5.41, 5.74) is -0.0273. The van der Waals surface area contributed by atoms with Crippen molar-refractivity contribution in [2.75, 3.05) is 13.1 Å². The molecule has 2 aromatic rings. The summed E-state index contributed by atoms with van der Waals surface area (Å²) in [6.45, 7) is 38.6. The topological polar surface area (TPSA) is 139 Å². The molecule has 3 amide bonds. The van der Waals surface area contributed by atoms with Crippen LogP contribution < -0.4 is 16.0 Å². The summed E-state index contributed by atoms with van der Waals surface area (Å²) in [5.74, 6) is 0.304. The predicted molar refractivity (Wildman–Crippen MR) is 245 cm³/mol. The maximum absolute atomic E-state index is 12.3. The van der Waals surface area contributed by atoms with E-state index in [2.05, 4.69) is 35.0 Å². The van der Waals surface area contributed by atoms with Gasteiger partial charge in [-0.3, -0.25) is 28.8 Å². The highest BCUT2D eigenvalue weighted by Crippen LogP contribution is 2.26. The molecular weight excluding hydrogens is 739 g/mol. The Kier molecular flexibility index (Phi) is 23.4. The molecule has 0 bridgehead atoms. The van der Waals surface area contributed by atoms with Gasteiger partial charge in [0.15, 0.2) is 0 Å². The zero-order valence-electron chi connectivity index (χ0n) is 40.7. The van der Waals surface area contributed by atoms with Crippen LogP contribution in [0.4, 0.5) is 0 Å². The number of nitrogens with one attached hydrogen (secondary N) is 3. The van der Waals surface area contributed by atoms with E-state index in [1.165, 1.54) is 5.56 Å². The van der Waals surface area contributed by atoms with Crippen molar-refractivity contribution < 1.29 is 28.8 Å². The Morgan fingerprint density at radius 3 is 1.22 bits per heavy atom. The van der Waals surface area contributed by atoms with E-state index in [1.54, 1.807) is 0 Å². The molecule has 0 spiro atoms. The third-order valence-electron chi connectivity index (χ3n) is 8.95. The second-order valence-electron chi connectivity index (χ2n) is 21.6. The summed E-state index contributed by atoms with van der Waals surface area (Å²) in [7, 11) is 0. The standard InChI is InChI=1S/C18H27NO2.C13H25NO2.C12H23NO2.C7H8/c1-17(2,3)15(20)12-14(13-10-8-7-9-11-13)19-16(21)18(4,5)6;1-9(10(15)12(2,3)4)8-14-11(16)13(5,6)7;1-11(2,3)9(14)7-8-13-10(15)12(4,5)6;1-7-5-3-2-4-6-7/h7-11,14H,12H2,1-6H3,(H,19,21);9H,8H2,1-7H3,(H,14,16);7-8H2,1-6H3,(H,13,15);2-6H,1H3/t14-;9-;;/m01../s1. The molecule has 59 heavy (non-hydrogen) atoms. The van der Waals surface area contributed by atoms with Gasteiger partial charge in [0.05, 0.1) is 6.04 Å². The molecule has 0 aliphatic heterocycles. The van der Waals surface area contributed by atoms with Crippen LogP contribution in [0.25, 0.3) is 0 Å². The first-order valence-electron chi connectivity index (χ1n) is 21.0. The van der Waals surface area contributed by atoms with E-state index in [9.17, 15) is 28.8 Å².